The molecule has 3 N–H and O–H groups in total. The lowest BCUT2D eigenvalue weighted by atomic mass is 9.99. The van der Waals surface area contributed by atoms with E-state index in [2.05, 4.69) is 16.7 Å². The summed E-state index contributed by atoms with van der Waals surface area (Å²) in [6.45, 7) is 2.52. The Morgan fingerprint density at radius 2 is 1.40 bits per heavy atom. The van der Waals surface area contributed by atoms with Crippen molar-refractivity contribution in [3.63, 3.8) is 0 Å². The average Bonchev–Trinajstić information content (AvgIpc) is 2.98. The molecule has 0 saturated carbocycles. The summed E-state index contributed by atoms with van der Waals surface area (Å²) in [5, 5.41) is 16.0. The molecule has 0 heterocycles. The van der Waals surface area contributed by atoms with E-state index in [0.717, 1.165) is 22.3 Å². The number of nitrogens with one attached hydrogen (secondary N) is 2. The fourth-order valence-electron chi connectivity index (χ4n) is 4.38. The Morgan fingerprint density at radius 1 is 0.750 bits per heavy atom. The third-order valence-corrected chi connectivity index (χ3v) is 6.47. The van der Waals surface area contributed by atoms with Gasteiger partial charge in [0.1, 0.15) is 6.04 Å². The van der Waals surface area contributed by atoms with Gasteiger partial charge >= 0.3 is 5.97 Å². The molecule has 4 rings (SSSR count). The number of hydrogen-bond acceptors (Lipinski definition) is 5. The van der Waals surface area contributed by atoms with Crippen LogP contribution in [0.15, 0.2) is 121 Å². The first-order chi connectivity index (χ1) is 19.4. The molecule has 0 unspecified atom stereocenters. The van der Waals surface area contributed by atoms with Gasteiger partial charge in [-0.25, -0.2) is 4.79 Å². The van der Waals surface area contributed by atoms with E-state index in [-0.39, 0.29) is 24.5 Å². The van der Waals surface area contributed by atoms with Crippen LogP contribution in [0.3, 0.4) is 0 Å². The summed E-state index contributed by atoms with van der Waals surface area (Å²) in [4.78, 5) is 36.7. The first-order valence-electron chi connectivity index (χ1n) is 13.1. The lowest BCUT2D eigenvalue weighted by Crippen LogP contribution is -2.37. The number of Topliss-reactive ketones (excluding diaryl/α,β-unsaturated/α-hetero) is 1. The Bertz CT molecular complexity index is 1480. The van der Waals surface area contributed by atoms with Crippen molar-refractivity contribution in [1.82, 2.24) is 10.6 Å². The molecule has 6 nitrogen and oxygen atoms in total. The first-order valence-corrected chi connectivity index (χ1v) is 13.1. The highest BCUT2D eigenvalue weighted by atomic mass is 16.4. The van der Waals surface area contributed by atoms with Crippen LogP contribution < -0.4 is 10.6 Å². The van der Waals surface area contributed by atoms with Crippen LogP contribution in [0.5, 0.6) is 0 Å². The second kappa shape index (κ2) is 13.8. The number of carboxylic acids is 1. The summed E-state index contributed by atoms with van der Waals surface area (Å²) in [5.74, 6) is -1.12. The Kier molecular flexibility index (Phi) is 9.75. The fourth-order valence-corrected chi connectivity index (χ4v) is 4.38. The zero-order chi connectivity index (χ0) is 28.3. The molecule has 202 valence electrons. The monoisotopic (exact) mass is 532 g/mol. The predicted octanol–water partition coefficient (Wildman–Crippen LogP) is 5.70. The Balaban J connectivity index is 1.35. The van der Waals surface area contributed by atoms with Gasteiger partial charge in [0.2, 0.25) is 0 Å². The molecular weight excluding hydrogens is 500 g/mol. The van der Waals surface area contributed by atoms with Crippen LogP contribution in [0.25, 0.3) is 11.1 Å². The molecular formula is C34H32N2O4. The number of aliphatic carboxylic acids is 1. The van der Waals surface area contributed by atoms with Crippen molar-refractivity contribution >= 4 is 17.5 Å². The fraction of sp³-hybridized carbons (Fsp3) is 0.147. The number of rotatable bonds is 13. The van der Waals surface area contributed by atoms with E-state index in [1.807, 2.05) is 78.9 Å². The van der Waals surface area contributed by atoms with Crippen LogP contribution in [0.4, 0.5) is 0 Å². The van der Waals surface area contributed by atoms with Crippen molar-refractivity contribution in [1.29, 1.82) is 0 Å². The molecule has 40 heavy (non-hydrogen) atoms. The van der Waals surface area contributed by atoms with Crippen molar-refractivity contribution in [2.75, 3.05) is 6.54 Å². The second-order valence-corrected chi connectivity index (χ2v) is 9.59. The number of ketones is 2. The predicted molar refractivity (Wildman–Crippen MR) is 157 cm³/mol. The van der Waals surface area contributed by atoms with Gasteiger partial charge in [-0.15, -0.1) is 0 Å². The second-order valence-electron chi connectivity index (χ2n) is 9.59. The molecule has 0 aliphatic heterocycles. The highest BCUT2D eigenvalue weighted by Crippen LogP contribution is 2.22. The maximum atomic E-state index is 12.4. The van der Waals surface area contributed by atoms with Crippen molar-refractivity contribution in [2.24, 2.45) is 0 Å². The highest BCUT2D eigenvalue weighted by molar-refractivity contribution is 6.04. The van der Waals surface area contributed by atoms with Gasteiger partial charge in [0.05, 0.1) is 6.54 Å². The van der Waals surface area contributed by atoms with Crippen molar-refractivity contribution in [2.45, 2.75) is 25.9 Å². The SMILES string of the molecule is CC(=CC(=O)c1ccccc1)N[C@@H](Cc1ccc(-c2cccc(CNCC(=O)c3ccccc3)c2)cc1)C(=O)O. The number of benzene rings is 4. The van der Waals surface area contributed by atoms with E-state index >= 15 is 0 Å². The summed E-state index contributed by atoms with van der Waals surface area (Å²) < 4.78 is 0. The topological polar surface area (TPSA) is 95.5 Å². The van der Waals surface area contributed by atoms with Gasteiger partial charge in [-0.2, -0.15) is 0 Å². The van der Waals surface area contributed by atoms with Gasteiger partial charge in [0.15, 0.2) is 11.6 Å². The molecule has 4 aromatic rings. The normalized spacial score (nSPS) is 12.0. The summed E-state index contributed by atoms with van der Waals surface area (Å²) in [6, 6.07) is 33.1. The van der Waals surface area contributed by atoms with E-state index in [1.54, 1.807) is 31.2 Å². The number of carboxylic acid groups (broad SMARTS) is 1. The Hall–Kier alpha value is -4.81. The zero-order valence-electron chi connectivity index (χ0n) is 22.3. The zero-order valence-corrected chi connectivity index (χ0v) is 22.3. The van der Waals surface area contributed by atoms with Crippen LogP contribution in [0.1, 0.15) is 38.8 Å². The Morgan fingerprint density at radius 3 is 2.05 bits per heavy atom. The summed E-state index contributed by atoms with van der Waals surface area (Å²) >= 11 is 0. The minimum absolute atomic E-state index is 0.0509. The van der Waals surface area contributed by atoms with E-state index in [0.29, 0.717) is 23.4 Å². The van der Waals surface area contributed by atoms with Gasteiger partial charge < -0.3 is 15.7 Å². The minimum atomic E-state index is -0.991. The van der Waals surface area contributed by atoms with Crippen LogP contribution in [0.2, 0.25) is 0 Å². The standard InChI is InChI=1S/C34H32N2O4/c1-24(19-32(37)28-10-4-2-5-11-28)36-31(34(39)40)21-25-15-17-27(18-16-25)30-14-8-9-26(20-30)22-35-23-33(38)29-12-6-3-7-13-29/h2-20,31,35-36H,21-23H2,1H3,(H,39,40)/t31-/m0/s1. The number of hydrogen-bond donors (Lipinski definition) is 3. The van der Waals surface area contributed by atoms with E-state index in [4.69, 9.17) is 0 Å². The van der Waals surface area contributed by atoms with Gasteiger partial charge in [0.25, 0.3) is 0 Å². The lowest BCUT2D eigenvalue weighted by molar-refractivity contribution is -0.139. The van der Waals surface area contributed by atoms with Gasteiger partial charge in [-0.3, -0.25) is 9.59 Å². The van der Waals surface area contributed by atoms with Crippen LogP contribution in [0, 0.1) is 0 Å². The van der Waals surface area contributed by atoms with Crippen molar-refractivity contribution in [3.8, 4) is 11.1 Å². The maximum Gasteiger partial charge on any atom is 0.326 e. The summed E-state index contributed by atoms with van der Waals surface area (Å²) in [6.07, 6.45) is 1.69. The van der Waals surface area contributed by atoms with Crippen LogP contribution in [-0.2, 0) is 17.8 Å². The van der Waals surface area contributed by atoms with E-state index < -0.39 is 12.0 Å². The molecule has 0 spiro atoms. The van der Waals surface area contributed by atoms with Crippen LogP contribution in [-0.4, -0.2) is 35.2 Å². The number of carbonyl (C=O) groups excluding carboxylic acids is 2. The Labute approximate surface area is 234 Å². The molecule has 4 aromatic carbocycles. The van der Waals surface area contributed by atoms with Gasteiger partial charge in [0, 0.05) is 35.9 Å². The van der Waals surface area contributed by atoms with Crippen LogP contribution >= 0.6 is 0 Å². The van der Waals surface area contributed by atoms with Crippen molar-refractivity contribution < 1.29 is 19.5 Å². The molecule has 0 aliphatic carbocycles. The third kappa shape index (κ3) is 8.09. The van der Waals surface area contributed by atoms with E-state index in [1.165, 1.54) is 6.08 Å². The number of allylic oxidation sites excluding steroid dienone is 2. The highest BCUT2D eigenvalue weighted by Gasteiger charge is 2.18. The molecule has 0 fully saturated rings. The summed E-state index contributed by atoms with van der Waals surface area (Å²) in [7, 11) is 0. The van der Waals surface area contributed by atoms with Gasteiger partial charge in [-0.1, -0.05) is 103 Å². The van der Waals surface area contributed by atoms with Gasteiger partial charge in [-0.05, 0) is 35.2 Å². The van der Waals surface area contributed by atoms with Crippen molar-refractivity contribution in [3.05, 3.63) is 143 Å². The summed E-state index contributed by atoms with van der Waals surface area (Å²) in [5.41, 5.74) is 5.70. The first kappa shape index (κ1) is 28.2. The third-order valence-electron chi connectivity index (χ3n) is 6.47. The minimum Gasteiger partial charge on any atom is -0.480 e. The molecule has 0 amide bonds. The molecule has 0 radical (unpaired) electrons. The molecule has 0 bridgehead atoms. The quantitative estimate of drug-likeness (QED) is 0.151. The van der Waals surface area contributed by atoms with E-state index in [9.17, 15) is 19.5 Å². The molecule has 0 aromatic heterocycles. The number of carbonyl (C=O) groups is 3. The smallest absolute Gasteiger partial charge is 0.326 e. The molecule has 0 aliphatic rings. The molecule has 6 heteroatoms. The lowest BCUT2D eigenvalue weighted by Gasteiger charge is -2.16. The average molecular weight is 533 g/mol. The molecule has 0 saturated heterocycles. The molecule has 1 atom stereocenters. The maximum absolute atomic E-state index is 12.4. The largest absolute Gasteiger partial charge is 0.480 e.